The number of hydrogen-bond donors (Lipinski definition) is 0. The quantitative estimate of drug-likeness (QED) is 0.413. The van der Waals surface area contributed by atoms with Gasteiger partial charge >= 0.3 is 0 Å². The SMILES string of the molecule is CC(=O)C[ClH+]. The van der Waals surface area contributed by atoms with Crippen molar-refractivity contribution in [1.29, 1.82) is 0 Å². The molecule has 0 fully saturated rings. The third kappa shape index (κ3) is 3.96. The van der Waals surface area contributed by atoms with Gasteiger partial charge in [0.1, 0.15) is 11.6 Å². The Balaban J connectivity index is 2.85. The van der Waals surface area contributed by atoms with Crippen LogP contribution in [-0.2, 0) is 4.79 Å². The largest absolute Gasteiger partial charge is 0.294 e. The van der Waals surface area contributed by atoms with E-state index in [1.54, 1.807) is 0 Å². The first-order valence-corrected chi connectivity index (χ1v) is 1.92. The summed E-state index contributed by atoms with van der Waals surface area (Å²) in [4.78, 5) is 9.71. The Labute approximate surface area is 35.9 Å². The Morgan fingerprint density at radius 2 is 2.20 bits per heavy atom. The highest BCUT2D eigenvalue weighted by molar-refractivity contribution is 5.76. The fraction of sp³-hybridized carbons (Fsp3) is 0.667. The lowest BCUT2D eigenvalue weighted by Crippen LogP contribution is -1.90. The Bertz CT molecular complexity index is 42.2. The Hall–Kier alpha value is -0.0400. The van der Waals surface area contributed by atoms with E-state index in [4.69, 9.17) is 0 Å². The van der Waals surface area contributed by atoms with Crippen molar-refractivity contribution >= 4 is 5.78 Å². The topological polar surface area (TPSA) is 17.1 Å². The minimum absolute atomic E-state index is 0.0694. The van der Waals surface area contributed by atoms with E-state index in [1.807, 2.05) is 0 Å². The summed E-state index contributed by atoms with van der Waals surface area (Å²) in [5, 5.41) is 0. The summed E-state index contributed by atoms with van der Waals surface area (Å²) in [5.74, 6) is 0.319. The predicted octanol–water partition coefficient (Wildman–Crippen LogP) is -0.143. The number of carbonyl (C=O) groups is 1. The van der Waals surface area contributed by atoms with Crippen LogP contribution in [0.5, 0.6) is 0 Å². The monoisotopic (exact) mass is 93.0 g/mol. The molecule has 0 aromatic rings. The van der Waals surface area contributed by atoms with Crippen LogP contribution in [0.25, 0.3) is 0 Å². The smallest absolute Gasteiger partial charge is 0.227 e. The van der Waals surface area contributed by atoms with Gasteiger partial charge in [-0.25, -0.2) is 0 Å². The second kappa shape index (κ2) is 2.21. The predicted molar refractivity (Wildman–Crippen MR) is 16.9 cm³/mol. The van der Waals surface area contributed by atoms with Crippen molar-refractivity contribution in [2.45, 2.75) is 6.92 Å². The van der Waals surface area contributed by atoms with Gasteiger partial charge in [-0.3, -0.25) is 4.79 Å². The van der Waals surface area contributed by atoms with Crippen molar-refractivity contribution in [3.63, 3.8) is 0 Å². The zero-order valence-electron chi connectivity index (χ0n) is 3.02. The van der Waals surface area contributed by atoms with E-state index in [0.717, 1.165) is 0 Å². The van der Waals surface area contributed by atoms with Gasteiger partial charge in [0.25, 0.3) is 0 Å². The summed E-state index contributed by atoms with van der Waals surface area (Å²) >= 11 is 4.33. The minimum atomic E-state index is 0.0694. The maximum absolute atomic E-state index is 9.71. The van der Waals surface area contributed by atoms with Crippen LogP contribution in [0, 0.1) is 11.6 Å². The average Bonchev–Trinajstić information content (AvgIpc) is 1.38. The highest BCUT2D eigenvalue weighted by Gasteiger charge is 1.88. The summed E-state index contributed by atoms with van der Waals surface area (Å²) < 4.78 is 0. The molecule has 0 aliphatic rings. The van der Waals surface area contributed by atoms with Crippen LogP contribution in [0.3, 0.4) is 0 Å². The fourth-order valence-corrected chi connectivity index (χ4v) is 0. The Morgan fingerprint density at radius 3 is 2.20 bits per heavy atom. The van der Waals surface area contributed by atoms with Crippen LogP contribution in [0.15, 0.2) is 0 Å². The number of rotatable bonds is 1. The molecule has 2 heteroatoms. The Kier molecular flexibility index (Phi) is 2.19. The normalized spacial score (nSPS) is 7.60. The Morgan fingerprint density at radius 1 is 2.00 bits per heavy atom. The maximum Gasteiger partial charge on any atom is 0.227 e. The van der Waals surface area contributed by atoms with Crippen LogP contribution in [0.1, 0.15) is 6.92 Å². The van der Waals surface area contributed by atoms with E-state index in [2.05, 4.69) is 11.6 Å². The fourth-order valence-electron chi connectivity index (χ4n) is 0. The molecule has 0 saturated heterocycles. The summed E-state index contributed by atoms with van der Waals surface area (Å²) in [6, 6.07) is 0. The van der Waals surface area contributed by atoms with Gasteiger partial charge < -0.3 is 0 Å². The van der Waals surface area contributed by atoms with Crippen LogP contribution in [0.4, 0.5) is 0 Å². The molecule has 0 saturated carbocycles. The zero-order chi connectivity index (χ0) is 4.28. The summed E-state index contributed by atoms with van der Waals surface area (Å²) in [5.41, 5.74) is 0. The summed E-state index contributed by atoms with van der Waals surface area (Å²) in [6.07, 6.45) is 0. The summed E-state index contributed by atoms with van der Waals surface area (Å²) in [6.45, 7) is 1.48. The molecule has 0 spiro atoms. The molecular formula is C3H6ClO+. The number of halogens is 1. The molecule has 0 bridgehead atoms. The van der Waals surface area contributed by atoms with E-state index < -0.39 is 0 Å². The van der Waals surface area contributed by atoms with Crippen molar-refractivity contribution in [1.82, 2.24) is 0 Å². The number of ketones is 1. The number of Topliss-reactive ketones (excluding diaryl/α,β-unsaturated/α-hetero) is 1. The molecule has 5 heavy (non-hydrogen) atoms. The lowest BCUT2D eigenvalue weighted by Gasteiger charge is -1.61. The first kappa shape index (κ1) is 4.96. The molecule has 0 heterocycles. The molecule has 30 valence electrons. The van der Waals surface area contributed by atoms with Crippen LogP contribution < -0.4 is 0 Å². The number of carbonyl (C=O) groups excluding carboxylic acids is 1. The maximum atomic E-state index is 9.71. The number of hydrogen-bond acceptors (Lipinski definition) is 1. The molecule has 0 N–H and O–H groups in total. The lowest BCUT2D eigenvalue weighted by atomic mass is 10.5. The van der Waals surface area contributed by atoms with Crippen LogP contribution >= 0.6 is 0 Å². The molecule has 0 aromatic carbocycles. The van der Waals surface area contributed by atoms with E-state index in [9.17, 15) is 4.79 Å². The van der Waals surface area contributed by atoms with Crippen molar-refractivity contribution in [3.8, 4) is 0 Å². The average molecular weight is 93.5 g/mol. The molecular weight excluding hydrogens is 87.5 g/mol. The van der Waals surface area contributed by atoms with Crippen LogP contribution in [-0.4, -0.2) is 11.7 Å². The van der Waals surface area contributed by atoms with Gasteiger partial charge in [-0.05, 0) is 0 Å². The van der Waals surface area contributed by atoms with Gasteiger partial charge in [0, 0.05) is 6.92 Å². The molecule has 0 aliphatic heterocycles. The molecule has 0 atom stereocenters. The van der Waals surface area contributed by atoms with Crippen molar-refractivity contribution in [2.24, 2.45) is 0 Å². The zero-order valence-corrected chi connectivity index (χ0v) is 3.84. The highest BCUT2D eigenvalue weighted by atomic mass is 35.5. The molecule has 0 radical (unpaired) electrons. The molecule has 0 amide bonds. The second-order valence-corrected chi connectivity index (χ2v) is 1.14. The van der Waals surface area contributed by atoms with Gasteiger partial charge in [0.15, 0.2) is 5.78 Å². The first-order chi connectivity index (χ1) is 2.27. The van der Waals surface area contributed by atoms with E-state index in [1.165, 1.54) is 6.92 Å². The third-order valence-corrected chi connectivity index (χ3v) is 0.610. The molecule has 0 rings (SSSR count). The van der Waals surface area contributed by atoms with E-state index >= 15 is 0 Å². The van der Waals surface area contributed by atoms with Gasteiger partial charge in [-0.15, -0.1) is 0 Å². The summed E-state index contributed by atoms with van der Waals surface area (Å²) in [7, 11) is 0. The van der Waals surface area contributed by atoms with E-state index in [0.29, 0.717) is 0 Å². The van der Waals surface area contributed by atoms with Gasteiger partial charge in [0.05, 0.1) is 0 Å². The van der Waals surface area contributed by atoms with Gasteiger partial charge in [-0.1, -0.05) is 0 Å². The van der Waals surface area contributed by atoms with Crippen LogP contribution in [0.2, 0.25) is 0 Å². The molecule has 0 aromatic heterocycles. The number of alkyl halides is 1. The minimum Gasteiger partial charge on any atom is -0.294 e. The van der Waals surface area contributed by atoms with Crippen molar-refractivity contribution < 1.29 is 16.4 Å². The van der Waals surface area contributed by atoms with Crippen molar-refractivity contribution in [2.75, 3.05) is 5.88 Å². The molecule has 0 aliphatic carbocycles. The standard InChI is InChI=1S/C3H6ClO/c1-3(5)2-4/h4H,2H2,1H3/q+1. The van der Waals surface area contributed by atoms with Crippen molar-refractivity contribution in [3.05, 3.63) is 0 Å². The first-order valence-electron chi connectivity index (χ1n) is 1.35. The molecule has 0 unspecified atom stereocenters. The third-order valence-electron chi connectivity index (χ3n) is 0.203. The van der Waals surface area contributed by atoms with E-state index in [-0.39, 0.29) is 11.7 Å². The van der Waals surface area contributed by atoms with Gasteiger partial charge in [-0.2, -0.15) is 0 Å². The second-order valence-electron chi connectivity index (χ2n) is 0.846. The molecule has 1 nitrogen and oxygen atoms in total. The lowest BCUT2D eigenvalue weighted by molar-refractivity contribution is -0.354. The highest BCUT2D eigenvalue weighted by Crippen LogP contribution is 1.58. The van der Waals surface area contributed by atoms with Gasteiger partial charge in [0.2, 0.25) is 5.88 Å².